The van der Waals surface area contributed by atoms with E-state index >= 15 is 0 Å². The zero-order valence-electron chi connectivity index (χ0n) is 22.7. The van der Waals surface area contributed by atoms with Crippen LogP contribution < -0.4 is 9.62 Å². The summed E-state index contributed by atoms with van der Waals surface area (Å²) in [4.78, 5) is 27.8. The van der Waals surface area contributed by atoms with Crippen LogP contribution in [0.1, 0.15) is 55.9 Å². The zero-order chi connectivity index (χ0) is 27.0. The lowest BCUT2D eigenvalue weighted by Gasteiger charge is -2.30. The molecule has 0 aliphatic rings. The van der Waals surface area contributed by atoms with Crippen LogP contribution in [0.3, 0.4) is 0 Å². The molecule has 0 unspecified atom stereocenters. The molecule has 0 saturated carbocycles. The van der Waals surface area contributed by atoms with Crippen LogP contribution in [0.25, 0.3) is 0 Å². The van der Waals surface area contributed by atoms with Crippen LogP contribution in [0.2, 0.25) is 0 Å². The molecule has 0 heterocycles. The average molecular weight is 516 g/mol. The number of carbonyl (C=O) groups excluding carboxylic acids is 2. The maximum absolute atomic E-state index is 13.4. The first-order chi connectivity index (χ1) is 16.8. The molecule has 0 spiro atoms. The second kappa shape index (κ2) is 12.9. The summed E-state index contributed by atoms with van der Waals surface area (Å²) in [6.45, 7) is 12.6. The van der Waals surface area contributed by atoms with Crippen LogP contribution in [0.4, 0.5) is 5.69 Å². The van der Waals surface area contributed by atoms with Gasteiger partial charge < -0.3 is 10.2 Å². The standard InChI is InChI=1S/C28H41N3O4S/c1-20(2)18-29-28(33)24(6)30(19-25-12-9-8-11-23(25)5)27(32)13-10-14-31(36(7,34)35)26-16-21(3)15-22(4)17-26/h8-9,11-12,15-17,20,24H,10,13-14,18-19H2,1-7H3,(H,29,33)/t24-/m1/s1. The number of hydrogen-bond donors (Lipinski definition) is 1. The highest BCUT2D eigenvalue weighted by Gasteiger charge is 2.27. The Bertz CT molecular complexity index is 1140. The van der Waals surface area contributed by atoms with E-state index in [1.54, 1.807) is 11.8 Å². The Hall–Kier alpha value is -2.87. The van der Waals surface area contributed by atoms with Crippen molar-refractivity contribution < 1.29 is 18.0 Å². The van der Waals surface area contributed by atoms with Crippen molar-refractivity contribution in [2.24, 2.45) is 5.92 Å². The Morgan fingerprint density at radius 3 is 2.14 bits per heavy atom. The van der Waals surface area contributed by atoms with Gasteiger partial charge >= 0.3 is 0 Å². The van der Waals surface area contributed by atoms with E-state index in [2.05, 4.69) is 5.32 Å². The fourth-order valence-corrected chi connectivity index (χ4v) is 5.05. The van der Waals surface area contributed by atoms with Crippen LogP contribution in [-0.4, -0.2) is 50.5 Å². The van der Waals surface area contributed by atoms with Crippen LogP contribution in [-0.2, 0) is 26.2 Å². The Kier molecular flexibility index (Phi) is 10.5. The largest absolute Gasteiger partial charge is 0.354 e. The van der Waals surface area contributed by atoms with Gasteiger partial charge in [0.25, 0.3) is 0 Å². The zero-order valence-corrected chi connectivity index (χ0v) is 23.5. The number of carbonyl (C=O) groups is 2. The molecule has 0 fully saturated rings. The second-order valence-electron chi connectivity index (χ2n) is 10.0. The molecule has 2 rings (SSSR count). The predicted molar refractivity (Wildman–Crippen MR) is 146 cm³/mol. The van der Waals surface area contributed by atoms with E-state index < -0.39 is 16.1 Å². The maximum atomic E-state index is 13.4. The summed E-state index contributed by atoms with van der Waals surface area (Å²) in [6.07, 6.45) is 1.64. The van der Waals surface area contributed by atoms with Crippen molar-refractivity contribution in [3.63, 3.8) is 0 Å². The molecule has 0 saturated heterocycles. The Morgan fingerprint density at radius 2 is 1.58 bits per heavy atom. The van der Waals surface area contributed by atoms with Crippen molar-refractivity contribution in [3.8, 4) is 0 Å². The third-order valence-electron chi connectivity index (χ3n) is 6.10. The van der Waals surface area contributed by atoms with Crippen LogP contribution in [0.15, 0.2) is 42.5 Å². The van der Waals surface area contributed by atoms with Crippen LogP contribution in [0, 0.1) is 26.7 Å². The molecular formula is C28H41N3O4S. The minimum atomic E-state index is -3.52. The fraction of sp³-hybridized carbons (Fsp3) is 0.500. The molecule has 0 aromatic heterocycles. The van der Waals surface area contributed by atoms with Crippen molar-refractivity contribution in [1.82, 2.24) is 10.2 Å². The van der Waals surface area contributed by atoms with E-state index in [0.717, 1.165) is 22.3 Å². The number of amides is 2. The summed E-state index contributed by atoms with van der Waals surface area (Å²) in [6, 6.07) is 12.8. The first kappa shape index (κ1) is 29.4. The lowest BCUT2D eigenvalue weighted by Crippen LogP contribution is -2.48. The van der Waals surface area contributed by atoms with Gasteiger partial charge in [0.1, 0.15) is 6.04 Å². The average Bonchev–Trinajstić information content (AvgIpc) is 2.77. The molecule has 0 aliphatic heterocycles. The summed E-state index contributed by atoms with van der Waals surface area (Å²) < 4.78 is 26.4. The first-order valence-corrected chi connectivity index (χ1v) is 14.3. The van der Waals surface area contributed by atoms with Crippen molar-refractivity contribution in [2.45, 2.75) is 67.0 Å². The minimum absolute atomic E-state index is 0.129. The van der Waals surface area contributed by atoms with Gasteiger partial charge in [-0.15, -0.1) is 0 Å². The second-order valence-corrected chi connectivity index (χ2v) is 12.0. The lowest BCUT2D eigenvalue weighted by molar-refractivity contribution is -0.140. The highest BCUT2D eigenvalue weighted by Crippen LogP contribution is 2.22. The summed E-state index contributed by atoms with van der Waals surface area (Å²) in [5.41, 5.74) is 4.56. The van der Waals surface area contributed by atoms with Crippen molar-refractivity contribution >= 4 is 27.5 Å². The molecule has 1 N–H and O–H groups in total. The monoisotopic (exact) mass is 515 g/mol. The third-order valence-corrected chi connectivity index (χ3v) is 7.29. The number of rotatable bonds is 12. The Morgan fingerprint density at radius 1 is 0.972 bits per heavy atom. The van der Waals surface area contributed by atoms with E-state index in [1.165, 1.54) is 10.6 Å². The van der Waals surface area contributed by atoms with Gasteiger partial charge in [0.15, 0.2) is 0 Å². The quantitative estimate of drug-likeness (QED) is 0.455. The molecular weight excluding hydrogens is 474 g/mol. The summed E-state index contributed by atoms with van der Waals surface area (Å²) in [5.74, 6) is -0.0770. The van der Waals surface area contributed by atoms with Gasteiger partial charge in [0.05, 0.1) is 11.9 Å². The molecule has 0 bridgehead atoms. The number of anilines is 1. The molecule has 2 aromatic rings. The molecule has 8 heteroatoms. The number of nitrogens with one attached hydrogen (secondary N) is 1. The first-order valence-electron chi connectivity index (χ1n) is 12.5. The van der Waals surface area contributed by atoms with E-state index in [1.807, 2.05) is 77.1 Å². The van der Waals surface area contributed by atoms with Gasteiger partial charge in [0, 0.05) is 26.1 Å². The van der Waals surface area contributed by atoms with Gasteiger partial charge in [-0.2, -0.15) is 0 Å². The molecule has 7 nitrogen and oxygen atoms in total. The van der Waals surface area contributed by atoms with Gasteiger partial charge in [0.2, 0.25) is 21.8 Å². The van der Waals surface area contributed by atoms with Gasteiger partial charge in [-0.05, 0) is 74.4 Å². The Balaban J connectivity index is 2.20. The number of nitrogens with zero attached hydrogens (tertiary/aromatic N) is 2. The van der Waals surface area contributed by atoms with E-state index in [4.69, 9.17) is 0 Å². The molecule has 36 heavy (non-hydrogen) atoms. The third kappa shape index (κ3) is 8.66. The van der Waals surface area contributed by atoms with Gasteiger partial charge in [-0.3, -0.25) is 13.9 Å². The smallest absolute Gasteiger partial charge is 0.242 e. The topological polar surface area (TPSA) is 86.8 Å². The molecule has 0 aliphatic carbocycles. The number of aryl methyl sites for hydroxylation is 3. The lowest BCUT2D eigenvalue weighted by atomic mass is 10.1. The van der Waals surface area contributed by atoms with Crippen molar-refractivity contribution in [2.75, 3.05) is 23.7 Å². The number of benzene rings is 2. The SMILES string of the molecule is Cc1cc(C)cc(N(CCCC(=O)N(Cc2ccccc2C)[C@H](C)C(=O)NCC(C)C)S(C)(=O)=O)c1. The highest BCUT2D eigenvalue weighted by atomic mass is 32.2. The molecule has 2 amide bonds. The van der Waals surface area contributed by atoms with E-state index in [9.17, 15) is 18.0 Å². The van der Waals surface area contributed by atoms with Gasteiger partial charge in [-0.25, -0.2) is 8.42 Å². The van der Waals surface area contributed by atoms with Crippen LogP contribution >= 0.6 is 0 Å². The number of hydrogen-bond acceptors (Lipinski definition) is 4. The molecule has 0 radical (unpaired) electrons. The normalized spacial score (nSPS) is 12.3. The predicted octanol–water partition coefficient (Wildman–Crippen LogP) is 4.35. The van der Waals surface area contributed by atoms with Crippen LogP contribution in [0.5, 0.6) is 0 Å². The number of sulfonamides is 1. The minimum Gasteiger partial charge on any atom is -0.354 e. The van der Waals surface area contributed by atoms with E-state index in [0.29, 0.717) is 31.1 Å². The molecule has 1 atom stereocenters. The highest BCUT2D eigenvalue weighted by molar-refractivity contribution is 7.92. The van der Waals surface area contributed by atoms with Crippen molar-refractivity contribution in [3.05, 3.63) is 64.7 Å². The summed E-state index contributed by atoms with van der Waals surface area (Å²) in [7, 11) is -3.52. The molecule has 2 aromatic carbocycles. The summed E-state index contributed by atoms with van der Waals surface area (Å²) >= 11 is 0. The van der Waals surface area contributed by atoms with Crippen molar-refractivity contribution in [1.29, 1.82) is 0 Å². The van der Waals surface area contributed by atoms with E-state index in [-0.39, 0.29) is 24.8 Å². The maximum Gasteiger partial charge on any atom is 0.242 e. The van der Waals surface area contributed by atoms with Gasteiger partial charge in [-0.1, -0.05) is 44.2 Å². The fourth-order valence-electron chi connectivity index (χ4n) is 4.10. The molecule has 198 valence electrons. The summed E-state index contributed by atoms with van der Waals surface area (Å²) in [5, 5.41) is 2.92. The Labute approximate surface area is 216 Å².